The molecule has 0 bridgehead atoms. The minimum Gasteiger partial charge on any atom is -0.306 e. The molecule has 0 aromatic rings. The van der Waals surface area contributed by atoms with E-state index in [1.165, 1.54) is 65.1 Å². The predicted molar refractivity (Wildman–Crippen MR) is 71.2 cm³/mol. The lowest BCUT2D eigenvalue weighted by Gasteiger charge is -2.50. The smallest absolute Gasteiger partial charge is 0.00968 e. The molecule has 3 fully saturated rings. The van der Waals surface area contributed by atoms with Crippen LogP contribution in [0.2, 0.25) is 0 Å². The Labute approximate surface area is 106 Å². The first-order valence-electron chi connectivity index (χ1n) is 7.25. The molecule has 3 rings (SSSR count). The molecular weight excluding hydrogens is 210 g/mol. The molecule has 3 heterocycles. The molecule has 0 amide bonds. The van der Waals surface area contributed by atoms with Crippen molar-refractivity contribution in [1.82, 2.24) is 14.7 Å². The van der Waals surface area contributed by atoms with Gasteiger partial charge in [0, 0.05) is 31.6 Å². The fourth-order valence-electron chi connectivity index (χ4n) is 4.06. The summed E-state index contributed by atoms with van der Waals surface area (Å²) in [7, 11) is 4.53. The van der Waals surface area contributed by atoms with Crippen LogP contribution in [0.3, 0.4) is 0 Å². The highest BCUT2D eigenvalue weighted by atomic mass is 15.3. The van der Waals surface area contributed by atoms with Gasteiger partial charge in [-0.3, -0.25) is 0 Å². The van der Waals surface area contributed by atoms with Crippen molar-refractivity contribution in [3.8, 4) is 0 Å². The lowest BCUT2D eigenvalue weighted by atomic mass is 9.78. The highest BCUT2D eigenvalue weighted by molar-refractivity contribution is 5.01. The van der Waals surface area contributed by atoms with Gasteiger partial charge < -0.3 is 14.7 Å². The quantitative estimate of drug-likeness (QED) is 0.708. The minimum atomic E-state index is 0.695. The third-order valence-electron chi connectivity index (χ3n) is 5.10. The number of likely N-dealkylation sites (tertiary alicyclic amines) is 3. The van der Waals surface area contributed by atoms with Crippen molar-refractivity contribution in [2.75, 3.05) is 59.9 Å². The molecule has 0 aromatic carbocycles. The first-order chi connectivity index (χ1) is 8.15. The summed E-state index contributed by atoms with van der Waals surface area (Å²) >= 11 is 0. The zero-order chi connectivity index (χ0) is 11.9. The van der Waals surface area contributed by atoms with Crippen LogP contribution in [-0.4, -0.2) is 74.6 Å². The van der Waals surface area contributed by atoms with Crippen LogP contribution in [0.1, 0.15) is 19.3 Å². The van der Waals surface area contributed by atoms with Crippen molar-refractivity contribution in [3.05, 3.63) is 0 Å². The third kappa shape index (κ3) is 2.51. The Bertz CT molecular complexity index is 265. The summed E-state index contributed by atoms with van der Waals surface area (Å²) in [6.45, 7) is 9.42. The fourth-order valence-corrected chi connectivity index (χ4v) is 4.06. The second-order valence-corrected chi connectivity index (χ2v) is 6.90. The second-order valence-electron chi connectivity index (χ2n) is 6.90. The molecule has 3 nitrogen and oxygen atoms in total. The normalized spacial score (nSPS) is 32.1. The van der Waals surface area contributed by atoms with Crippen LogP contribution in [0.5, 0.6) is 0 Å². The molecule has 3 aliphatic rings. The van der Waals surface area contributed by atoms with Crippen molar-refractivity contribution >= 4 is 0 Å². The van der Waals surface area contributed by atoms with Crippen molar-refractivity contribution in [2.24, 2.45) is 11.3 Å². The molecule has 98 valence electrons. The molecule has 1 spiro atoms. The van der Waals surface area contributed by atoms with Crippen LogP contribution in [0, 0.1) is 11.3 Å². The van der Waals surface area contributed by atoms with Gasteiger partial charge in [-0.25, -0.2) is 0 Å². The number of nitrogens with zero attached hydrogens (tertiary/aromatic N) is 3. The maximum Gasteiger partial charge on any atom is 0.00968 e. The van der Waals surface area contributed by atoms with Crippen LogP contribution < -0.4 is 0 Å². The van der Waals surface area contributed by atoms with Crippen molar-refractivity contribution < 1.29 is 0 Å². The second kappa shape index (κ2) is 4.52. The van der Waals surface area contributed by atoms with E-state index in [1.807, 2.05) is 0 Å². The zero-order valence-electron chi connectivity index (χ0n) is 11.5. The van der Waals surface area contributed by atoms with E-state index in [2.05, 4.69) is 28.8 Å². The first kappa shape index (κ1) is 11.9. The van der Waals surface area contributed by atoms with Gasteiger partial charge in [0.2, 0.25) is 0 Å². The summed E-state index contributed by atoms with van der Waals surface area (Å²) < 4.78 is 0. The molecule has 0 N–H and O–H groups in total. The third-order valence-corrected chi connectivity index (χ3v) is 5.10. The molecular formula is C14H27N3. The Morgan fingerprint density at radius 1 is 0.941 bits per heavy atom. The largest absolute Gasteiger partial charge is 0.306 e. The van der Waals surface area contributed by atoms with Gasteiger partial charge in [-0.05, 0) is 58.9 Å². The highest BCUT2D eigenvalue weighted by Crippen LogP contribution is 2.39. The van der Waals surface area contributed by atoms with E-state index in [0.29, 0.717) is 5.41 Å². The summed E-state index contributed by atoms with van der Waals surface area (Å²) in [5, 5.41) is 0. The van der Waals surface area contributed by atoms with Crippen LogP contribution in [-0.2, 0) is 0 Å². The molecule has 3 aliphatic heterocycles. The van der Waals surface area contributed by atoms with Crippen LogP contribution >= 0.6 is 0 Å². The summed E-state index contributed by atoms with van der Waals surface area (Å²) in [6.07, 6.45) is 4.27. The van der Waals surface area contributed by atoms with Gasteiger partial charge in [-0.1, -0.05) is 0 Å². The van der Waals surface area contributed by atoms with E-state index in [1.54, 1.807) is 0 Å². The average Bonchev–Trinajstić information content (AvgIpc) is 2.63. The van der Waals surface area contributed by atoms with Gasteiger partial charge in [0.05, 0.1) is 0 Å². The molecule has 0 radical (unpaired) electrons. The Kier molecular flexibility index (Phi) is 3.18. The van der Waals surface area contributed by atoms with Gasteiger partial charge in [-0.15, -0.1) is 0 Å². The van der Waals surface area contributed by atoms with Crippen LogP contribution in [0.4, 0.5) is 0 Å². The predicted octanol–water partition coefficient (Wildman–Crippen LogP) is 0.966. The topological polar surface area (TPSA) is 9.72 Å². The molecule has 3 heteroatoms. The van der Waals surface area contributed by atoms with E-state index in [-0.39, 0.29) is 0 Å². The zero-order valence-corrected chi connectivity index (χ0v) is 11.5. The van der Waals surface area contributed by atoms with Crippen LogP contribution in [0.15, 0.2) is 0 Å². The molecule has 3 saturated heterocycles. The molecule has 0 atom stereocenters. The Morgan fingerprint density at radius 2 is 1.65 bits per heavy atom. The average molecular weight is 237 g/mol. The maximum atomic E-state index is 2.72. The van der Waals surface area contributed by atoms with E-state index in [4.69, 9.17) is 0 Å². The van der Waals surface area contributed by atoms with Crippen LogP contribution in [0.25, 0.3) is 0 Å². The van der Waals surface area contributed by atoms with E-state index in [9.17, 15) is 0 Å². The fraction of sp³-hybridized carbons (Fsp3) is 1.00. The molecule has 0 aliphatic carbocycles. The molecule has 0 unspecified atom stereocenters. The maximum absolute atomic E-state index is 2.72. The first-order valence-corrected chi connectivity index (χ1v) is 7.25. The lowest BCUT2D eigenvalue weighted by Crippen LogP contribution is -2.58. The standard InChI is InChI=1S/C14H27N3/c1-15-6-3-13(4-7-15)9-17-11-14(12-17)5-8-16(2)10-14/h13H,3-12H2,1-2H3. The molecule has 17 heavy (non-hydrogen) atoms. The number of rotatable bonds is 2. The minimum absolute atomic E-state index is 0.695. The number of hydrogen-bond donors (Lipinski definition) is 0. The van der Waals surface area contributed by atoms with Crippen molar-refractivity contribution in [2.45, 2.75) is 19.3 Å². The summed E-state index contributed by atoms with van der Waals surface area (Å²) in [6, 6.07) is 0. The van der Waals surface area contributed by atoms with E-state index in [0.717, 1.165) is 5.92 Å². The van der Waals surface area contributed by atoms with E-state index < -0.39 is 0 Å². The van der Waals surface area contributed by atoms with Gasteiger partial charge in [0.15, 0.2) is 0 Å². The van der Waals surface area contributed by atoms with Gasteiger partial charge in [0.25, 0.3) is 0 Å². The lowest BCUT2D eigenvalue weighted by molar-refractivity contribution is -0.00736. The van der Waals surface area contributed by atoms with Crippen molar-refractivity contribution in [3.63, 3.8) is 0 Å². The monoisotopic (exact) mass is 237 g/mol. The number of piperidine rings is 1. The SMILES string of the molecule is CN1CCC(CN2CC3(CCN(C)C3)C2)CC1. The summed E-state index contributed by atoms with van der Waals surface area (Å²) in [5.74, 6) is 0.975. The number of hydrogen-bond acceptors (Lipinski definition) is 3. The van der Waals surface area contributed by atoms with Gasteiger partial charge in [0.1, 0.15) is 0 Å². The summed E-state index contributed by atoms with van der Waals surface area (Å²) in [5.41, 5.74) is 0.695. The summed E-state index contributed by atoms with van der Waals surface area (Å²) in [4.78, 5) is 7.70. The highest BCUT2D eigenvalue weighted by Gasteiger charge is 2.46. The van der Waals surface area contributed by atoms with E-state index >= 15 is 0 Å². The Hall–Kier alpha value is -0.120. The van der Waals surface area contributed by atoms with Gasteiger partial charge >= 0.3 is 0 Å². The molecule has 0 aromatic heterocycles. The Morgan fingerprint density at radius 3 is 2.24 bits per heavy atom. The van der Waals surface area contributed by atoms with Gasteiger partial charge in [-0.2, -0.15) is 0 Å². The van der Waals surface area contributed by atoms with Crippen molar-refractivity contribution in [1.29, 1.82) is 0 Å². The Balaban J connectivity index is 1.41. The molecule has 0 saturated carbocycles.